The number of nitrogens with zero attached hydrogens (tertiary/aromatic N) is 2. The molecular weight excluding hydrogens is 286 g/mol. The number of hydrogen-bond acceptors (Lipinski definition) is 4. The van der Waals surface area contributed by atoms with Gasteiger partial charge < -0.3 is 15.1 Å². The Kier molecular flexibility index (Phi) is 5.36. The lowest BCUT2D eigenvalue weighted by atomic mass is 10.1. The third kappa shape index (κ3) is 4.28. The topological polar surface area (TPSA) is 52.7 Å². The van der Waals surface area contributed by atoms with Gasteiger partial charge in [-0.05, 0) is 32.5 Å². The van der Waals surface area contributed by atoms with Crippen molar-refractivity contribution in [1.29, 1.82) is 0 Å². The maximum atomic E-state index is 12.3. The molecule has 1 N–H and O–H groups in total. The average molecular weight is 309 g/mol. The molecule has 1 aromatic rings. The van der Waals surface area contributed by atoms with Crippen molar-refractivity contribution >= 4 is 23.2 Å². The Labute approximate surface area is 129 Å². The maximum Gasteiger partial charge on any atom is 0.225 e. The molecule has 1 aromatic heterocycles. The van der Waals surface area contributed by atoms with Gasteiger partial charge in [-0.1, -0.05) is 6.07 Å². The lowest BCUT2D eigenvalue weighted by Gasteiger charge is -2.19. The molecule has 0 bridgehead atoms. The molecule has 116 valence electrons. The molecule has 21 heavy (non-hydrogen) atoms. The van der Waals surface area contributed by atoms with E-state index in [0.717, 1.165) is 11.4 Å². The third-order valence-electron chi connectivity index (χ3n) is 3.73. The Bertz CT molecular complexity index is 487. The molecule has 0 saturated carbocycles. The number of likely N-dealkylation sites (N-methyl/N-ethyl adjacent to an activating group) is 1. The van der Waals surface area contributed by atoms with Crippen LogP contribution in [0.15, 0.2) is 17.5 Å². The number of rotatable bonds is 6. The highest BCUT2D eigenvalue weighted by molar-refractivity contribution is 7.10. The summed E-state index contributed by atoms with van der Waals surface area (Å²) in [5, 5.41) is 5.01. The first-order chi connectivity index (χ1) is 9.97. The van der Waals surface area contributed by atoms with Gasteiger partial charge in [0.05, 0.1) is 12.0 Å². The highest BCUT2D eigenvalue weighted by Gasteiger charge is 2.34. The molecule has 0 aliphatic carbocycles. The minimum atomic E-state index is -0.220. The number of thiophene rings is 1. The molecule has 1 aliphatic heterocycles. The molecule has 5 nitrogen and oxygen atoms in total. The molecule has 2 rings (SSSR count). The van der Waals surface area contributed by atoms with Gasteiger partial charge in [-0.15, -0.1) is 11.3 Å². The van der Waals surface area contributed by atoms with Crippen LogP contribution in [0.4, 0.5) is 0 Å². The van der Waals surface area contributed by atoms with E-state index >= 15 is 0 Å². The molecule has 1 aliphatic rings. The molecule has 6 heteroatoms. The minimum Gasteiger partial charge on any atom is -0.348 e. The zero-order valence-corrected chi connectivity index (χ0v) is 13.7. The van der Waals surface area contributed by atoms with Crippen molar-refractivity contribution in [2.24, 2.45) is 5.92 Å². The van der Waals surface area contributed by atoms with Crippen LogP contribution >= 0.6 is 11.3 Å². The van der Waals surface area contributed by atoms with Gasteiger partial charge in [-0.2, -0.15) is 0 Å². The zero-order chi connectivity index (χ0) is 15.4. The molecule has 2 amide bonds. The van der Waals surface area contributed by atoms with E-state index in [4.69, 9.17) is 0 Å². The second kappa shape index (κ2) is 7.04. The predicted octanol–water partition coefficient (Wildman–Crippen LogP) is 1.34. The number of likely N-dealkylation sites (tertiary alicyclic amines) is 1. The van der Waals surface area contributed by atoms with Crippen LogP contribution in [0.2, 0.25) is 0 Å². The first kappa shape index (κ1) is 16.0. The summed E-state index contributed by atoms with van der Waals surface area (Å²) < 4.78 is 0. The number of carbonyl (C=O) groups excluding carboxylic acids is 2. The zero-order valence-electron chi connectivity index (χ0n) is 12.8. The standard InChI is InChI=1S/C15H23N3O2S/c1-11(13-5-4-8-21-13)16-15(20)12-9-14(19)18(10-12)7-6-17(2)3/h4-5,8,11-12H,6-7,9-10H2,1-3H3,(H,16,20). The number of amides is 2. The quantitative estimate of drug-likeness (QED) is 0.863. The predicted molar refractivity (Wildman–Crippen MR) is 84.1 cm³/mol. The van der Waals surface area contributed by atoms with Crippen LogP contribution in [-0.4, -0.2) is 55.3 Å². The number of nitrogens with one attached hydrogen (secondary N) is 1. The van der Waals surface area contributed by atoms with E-state index in [9.17, 15) is 9.59 Å². The van der Waals surface area contributed by atoms with E-state index in [1.54, 1.807) is 16.2 Å². The fraction of sp³-hybridized carbons (Fsp3) is 0.600. The van der Waals surface area contributed by atoms with Crippen LogP contribution in [0.5, 0.6) is 0 Å². The van der Waals surface area contributed by atoms with E-state index in [-0.39, 0.29) is 23.8 Å². The van der Waals surface area contributed by atoms with Crippen LogP contribution in [-0.2, 0) is 9.59 Å². The molecule has 2 heterocycles. The first-order valence-corrected chi connectivity index (χ1v) is 8.11. The van der Waals surface area contributed by atoms with Gasteiger partial charge >= 0.3 is 0 Å². The summed E-state index contributed by atoms with van der Waals surface area (Å²) in [4.78, 5) is 29.2. The first-order valence-electron chi connectivity index (χ1n) is 7.23. The van der Waals surface area contributed by atoms with Gasteiger partial charge in [0.25, 0.3) is 0 Å². The van der Waals surface area contributed by atoms with Crippen molar-refractivity contribution < 1.29 is 9.59 Å². The summed E-state index contributed by atoms with van der Waals surface area (Å²) in [6.07, 6.45) is 0.330. The molecule has 0 spiro atoms. The van der Waals surface area contributed by atoms with E-state index < -0.39 is 0 Å². The summed E-state index contributed by atoms with van der Waals surface area (Å²) in [7, 11) is 3.96. The van der Waals surface area contributed by atoms with Crippen LogP contribution in [0, 0.1) is 5.92 Å². The van der Waals surface area contributed by atoms with Crippen molar-refractivity contribution in [1.82, 2.24) is 15.1 Å². The maximum absolute atomic E-state index is 12.3. The van der Waals surface area contributed by atoms with Gasteiger partial charge in [0.2, 0.25) is 11.8 Å². The molecular formula is C15H23N3O2S. The van der Waals surface area contributed by atoms with Crippen molar-refractivity contribution in [3.05, 3.63) is 22.4 Å². The Morgan fingerprint density at radius 1 is 1.57 bits per heavy atom. The fourth-order valence-corrected chi connectivity index (χ4v) is 3.16. The van der Waals surface area contributed by atoms with Crippen molar-refractivity contribution in [3.8, 4) is 0 Å². The minimum absolute atomic E-state index is 0.00317. The van der Waals surface area contributed by atoms with Gasteiger partial charge in [0, 0.05) is 30.9 Å². The Balaban J connectivity index is 1.85. The van der Waals surface area contributed by atoms with Gasteiger partial charge in [-0.25, -0.2) is 0 Å². The lowest BCUT2D eigenvalue weighted by Crippen LogP contribution is -2.36. The summed E-state index contributed by atoms with van der Waals surface area (Å²) in [6.45, 7) is 4.03. The number of carbonyl (C=O) groups is 2. The van der Waals surface area contributed by atoms with Crippen LogP contribution in [0.25, 0.3) is 0 Å². The van der Waals surface area contributed by atoms with Crippen LogP contribution in [0.3, 0.4) is 0 Å². The smallest absolute Gasteiger partial charge is 0.225 e. The second-order valence-corrected chi connectivity index (χ2v) is 6.77. The Hall–Kier alpha value is -1.40. The molecule has 2 atom stereocenters. The van der Waals surface area contributed by atoms with Gasteiger partial charge in [0.1, 0.15) is 0 Å². The van der Waals surface area contributed by atoms with Gasteiger partial charge in [-0.3, -0.25) is 9.59 Å². The van der Waals surface area contributed by atoms with Crippen molar-refractivity contribution in [2.75, 3.05) is 33.7 Å². The Morgan fingerprint density at radius 3 is 2.95 bits per heavy atom. The average Bonchev–Trinajstić information content (AvgIpc) is 3.05. The van der Waals surface area contributed by atoms with E-state index in [2.05, 4.69) is 5.32 Å². The monoisotopic (exact) mass is 309 g/mol. The van der Waals surface area contributed by atoms with Crippen LogP contribution < -0.4 is 5.32 Å². The SMILES string of the molecule is CC(NC(=O)C1CC(=O)N(CCN(C)C)C1)c1cccs1. The molecule has 1 fully saturated rings. The largest absolute Gasteiger partial charge is 0.348 e. The van der Waals surface area contributed by atoms with Crippen molar-refractivity contribution in [2.45, 2.75) is 19.4 Å². The number of hydrogen-bond donors (Lipinski definition) is 1. The summed E-state index contributed by atoms with van der Waals surface area (Å²) in [5.74, 6) is -0.153. The molecule has 0 aromatic carbocycles. The molecule has 0 radical (unpaired) electrons. The van der Waals surface area contributed by atoms with E-state index in [1.807, 2.05) is 43.4 Å². The van der Waals surface area contributed by atoms with Crippen LogP contribution in [0.1, 0.15) is 24.3 Å². The van der Waals surface area contributed by atoms with E-state index in [1.165, 1.54) is 0 Å². The molecule has 2 unspecified atom stereocenters. The van der Waals surface area contributed by atoms with E-state index in [0.29, 0.717) is 19.5 Å². The third-order valence-corrected chi connectivity index (χ3v) is 4.79. The highest BCUT2D eigenvalue weighted by Crippen LogP contribution is 2.22. The summed E-state index contributed by atoms with van der Waals surface area (Å²) in [5.41, 5.74) is 0. The normalized spacial score (nSPS) is 20.1. The van der Waals surface area contributed by atoms with Gasteiger partial charge in [0.15, 0.2) is 0 Å². The Morgan fingerprint density at radius 2 is 2.33 bits per heavy atom. The summed E-state index contributed by atoms with van der Waals surface area (Å²) in [6, 6.07) is 3.99. The molecule has 1 saturated heterocycles. The van der Waals surface area contributed by atoms with Crippen molar-refractivity contribution in [3.63, 3.8) is 0 Å². The summed E-state index contributed by atoms with van der Waals surface area (Å²) >= 11 is 1.63. The second-order valence-electron chi connectivity index (χ2n) is 5.79. The highest BCUT2D eigenvalue weighted by atomic mass is 32.1. The lowest BCUT2D eigenvalue weighted by molar-refractivity contribution is -0.129. The fourth-order valence-electron chi connectivity index (χ4n) is 2.42.